The normalized spacial score (nSPS) is 23.9. The molecule has 0 radical (unpaired) electrons. The summed E-state index contributed by atoms with van der Waals surface area (Å²) in [6, 6.07) is 10.4. The van der Waals surface area contributed by atoms with Gasteiger partial charge in [-0.15, -0.1) is 10.2 Å². The average Bonchev–Trinajstić information content (AvgIpc) is 2.88. The van der Waals surface area contributed by atoms with Crippen molar-refractivity contribution in [3.63, 3.8) is 0 Å². The number of nitrogens with two attached hydrogens (primary N) is 1. The highest BCUT2D eigenvalue weighted by Crippen LogP contribution is 2.37. The molecule has 1 aliphatic carbocycles. The zero-order chi connectivity index (χ0) is 18.3. The van der Waals surface area contributed by atoms with Crippen molar-refractivity contribution in [3.8, 4) is 11.3 Å². The van der Waals surface area contributed by atoms with E-state index in [4.69, 9.17) is 22.4 Å². The van der Waals surface area contributed by atoms with E-state index in [0.29, 0.717) is 16.6 Å². The maximum Gasteiger partial charge on any atom is 0.182 e. The van der Waals surface area contributed by atoms with E-state index in [2.05, 4.69) is 17.1 Å². The topological polar surface area (TPSA) is 69.6 Å². The number of halogens is 1. The summed E-state index contributed by atoms with van der Waals surface area (Å²) in [5.41, 5.74) is 9.62. The molecule has 2 N–H and O–H groups in total. The molecule has 3 aromatic rings. The van der Waals surface area contributed by atoms with Gasteiger partial charge < -0.3 is 5.73 Å². The van der Waals surface area contributed by atoms with Crippen LogP contribution >= 0.6 is 11.6 Å². The third-order valence-corrected chi connectivity index (χ3v) is 5.77. The van der Waals surface area contributed by atoms with Crippen LogP contribution in [0, 0.1) is 12.8 Å². The van der Waals surface area contributed by atoms with Crippen LogP contribution in [0.15, 0.2) is 30.3 Å². The molecule has 1 aliphatic rings. The average molecular weight is 370 g/mol. The fraction of sp³-hybridized carbons (Fsp3) is 0.450. The summed E-state index contributed by atoms with van der Waals surface area (Å²) in [6.45, 7) is 4.27. The van der Waals surface area contributed by atoms with Crippen LogP contribution in [-0.2, 0) is 0 Å². The predicted molar refractivity (Wildman–Crippen MR) is 105 cm³/mol. The standard InChI is InChI=1S/C20H24ClN5/c1-12-8-9-15(22)11-16(10-12)26-20-17(13(2)25-26)18(21)19(23-24-20)14-6-4-3-5-7-14/h3-7,12,15-16H,8-11,22H2,1-2H3/t12-,15+,16-/m0/s1. The molecule has 6 heteroatoms. The second kappa shape index (κ2) is 6.97. The Hall–Kier alpha value is -1.98. The molecule has 0 spiro atoms. The summed E-state index contributed by atoms with van der Waals surface area (Å²) in [5, 5.41) is 15.3. The number of hydrogen-bond donors (Lipinski definition) is 1. The molecule has 4 rings (SSSR count). The van der Waals surface area contributed by atoms with Gasteiger partial charge >= 0.3 is 0 Å². The van der Waals surface area contributed by atoms with Gasteiger partial charge in [-0.05, 0) is 38.5 Å². The van der Waals surface area contributed by atoms with Crippen LogP contribution in [0.25, 0.3) is 22.3 Å². The minimum Gasteiger partial charge on any atom is -0.328 e. The lowest BCUT2D eigenvalue weighted by Crippen LogP contribution is -2.24. The van der Waals surface area contributed by atoms with Crippen LogP contribution < -0.4 is 5.73 Å². The molecule has 1 saturated carbocycles. The quantitative estimate of drug-likeness (QED) is 0.673. The van der Waals surface area contributed by atoms with E-state index in [1.165, 1.54) is 6.42 Å². The summed E-state index contributed by atoms with van der Waals surface area (Å²) in [4.78, 5) is 0. The molecule has 1 fully saturated rings. The molecule has 0 amide bonds. The van der Waals surface area contributed by atoms with Gasteiger partial charge in [0.1, 0.15) is 5.69 Å². The van der Waals surface area contributed by atoms with Crippen molar-refractivity contribution in [2.75, 3.05) is 0 Å². The minimum absolute atomic E-state index is 0.205. The molecule has 0 unspecified atom stereocenters. The van der Waals surface area contributed by atoms with Crippen LogP contribution in [0.5, 0.6) is 0 Å². The zero-order valence-corrected chi connectivity index (χ0v) is 15.9. The Morgan fingerprint density at radius 1 is 1.12 bits per heavy atom. The first-order valence-electron chi connectivity index (χ1n) is 9.26. The van der Waals surface area contributed by atoms with Crippen molar-refractivity contribution in [1.82, 2.24) is 20.0 Å². The zero-order valence-electron chi connectivity index (χ0n) is 15.2. The van der Waals surface area contributed by atoms with Crippen LogP contribution in [0.1, 0.15) is 44.3 Å². The van der Waals surface area contributed by atoms with Crippen LogP contribution in [0.2, 0.25) is 5.02 Å². The number of hydrogen-bond acceptors (Lipinski definition) is 4. The van der Waals surface area contributed by atoms with Crippen LogP contribution in [-0.4, -0.2) is 26.0 Å². The lowest BCUT2D eigenvalue weighted by atomic mass is 10.0. The smallest absolute Gasteiger partial charge is 0.182 e. The molecular formula is C20H24ClN5. The number of fused-ring (bicyclic) bond motifs is 1. The molecule has 26 heavy (non-hydrogen) atoms. The van der Waals surface area contributed by atoms with E-state index in [0.717, 1.165) is 41.6 Å². The number of aryl methyl sites for hydroxylation is 1. The largest absolute Gasteiger partial charge is 0.328 e. The van der Waals surface area contributed by atoms with Gasteiger partial charge in [0.25, 0.3) is 0 Å². The van der Waals surface area contributed by atoms with E-state index in [-0.39, 0.29) is 12.1 Å². The molecule has 2 heterocycles. The maximum atomic E-state index is 6.74. The first-order chi connectivity index (χ1) is 12.5. The molecule has 0 aliphatic heterocycles. The number of aromatic nitrogens is 4. The van der Waals surface area contributed by atoms with Crippen LogP contribution in [0.3, 0.4) is 0 Å². The first kappa shape index (κ1) is 17.4. The summed E-state index contributed by atoms with van der Waals surface area (Å²) < 4.78 is 2.01. The van der Waals surface area contributed by atoms with Gasteiger partial charge in [0, 0.05) is 11.6 Å². The Kier molecular flexibility index (Phi) is 4.67. The van der Waals surface area contributed by atoms with Gasteiger partial charge in [-0.25, -0.2) is 4.68 Å². The Morgan fingerprint density at radius 2 is 1.88 bits per heavy atom. The SMILES string of the molecule is Cc1nn([C@H]2C[C@@H](C)CC[C@@H](N)C2)c2nnc(-c3ccccc3)c(Cl)c12. The van der Waals surface area contributed by atoms with Gasteiger partial charge in [-0.1, -0.05) is 48.9 Å². The highest BCUT2D eigenvalue weighted by atomic mass is 35.5. The number of nitrogens with zero attached hydrogens (tertiary/aromatic N) is 4. The minimum atomic E-state index is 0.205. The first-order valence-corrected chi connectivity index (χ1v) is 9.64. The van der Waals surface area contributed by atoms with Crippen molar-refractivity contribution in [2.24, 2.45) is 11.7 Å². The Labute approximate surface area is 158 Å². The van der Waals surface area contributed by atoms with Gasteiger partial charge in [0.2, 0.25) is 0 Å². The van der Waals surface area contributed by atoms with Crippen molar-refractivity contribution >= 4 is 22.6 Å². The van der Waals surface area contributed by atoms with Crippen molar-refractivity contribution in [1.29, 1.82) is 0 Å². The van der Waals surface area contributed by atoms with Gasteiger partial charge in [0.15, 0.2) is 5.65 Å². The van der Waals surface area contributed by atoms with E-state index in [1.807, 2.05) is 41.9 Å². The molecule has 0 bridgehead atoms. The second-order valence-corrected chi connectivity index (χ2v) is 7.90. The number of benzene rings is 1. The second-order valence-electron chi connectivity index (χ2n) is 7.53. The lowest BCUT2D eigenvalue weighted by Gasteiger charge is -2.19. The molecule has 136 valence electrons. The van der Waals surface area contributed by atoms with Crippen molar-refractivity contribution < 1.29 is 0 Å². The fourth-order valence-electron chi connectivity index (χ4n) is 4.03. The van der Waals surface area contributed by atoms with E-state index >= 15 is 0 Å². The summed E-state index contributed by atoms with van der Waals surface area (Å²) in [7, 11) is 0. The highest BCUT2D eigenvalue weighted by molar-refractivity contribution is 6.37. The van der Waals surface area contributed by atoms with Gasteiger partial charge in [0.05, 0.1) is 22.1 Å². The van der Waals surface area contributed by atoms with Gasteiger partial charge in [-0.3, -0.25) is 0 Å². The summed E-state index contributed by atoms with van der Waals surface area (Å²) in [5.74, 6) is 0.625. The molecular weight excluding hydrogens is 346 g/mol. The predicted octanol–water partition coefficient (Wildman–Crippen LogP) is 4.53. The monoisotopic (exact) mass is 369 g/mol. The Balaban J connectivity index is 1.82. The Bertz CT molecular complexity index is 909. The fourth-order valence-corrected chi connectivity index (χ4v) is 4.40. The summed E-state index contributed by atoms with van der Waals surface area (Å²) in [6.07, 6.45) is 4.21. The summed E-state index contributed by atoms with van der Waals surface area (Å²) >= 11 is 6.74. The third kappa shape index (κ3) is 3.10. The number of rotatable bonds is 2. The molecule has 5 nitrogen and oxygen atoms in total. The molecule has 3 atom stereocenters. The van der Waals surface area contributed by atoms with E-state index in [9.17, 15) is 0 Å². The van der Waals surface area contributed by atoms with Crippen LogP contribution in [0.4, 0.5) is 0 Å². The molecule has 0 saturated heterocycles. The lowest BCUT2D eigenvalue weighted by molar-refractivity contribution is 0.360. The van der Waals surface area contributed by atoms with Crippen molar-refractivity contribution in [2.45, 2.75) is 51.6 Å². The van der Waals surface area contributed by atoms with Crippen molar-refractivity contribution in [3.05, 3.63) is 41.0 Å². The van der Waals surface area contributed by atoms with Gasteiger partial charge in [-0.2, -0.15) is 5.10 Å². The molecule has 2 aromatic heterocycles. The Morgan fingerprint density at radius 3 is 2.65 bits per heavy atom. The maximum absolute atomic E-state index is 6.74. The third-order valence-electron chi connectivity index (χ3n) is 5.40. The van der Waals surface area contributed by atoms with E-state index in [1.54, 1.807) is 0 Å². The highest BCUT2D eigenvalue weighted by Gasteiger charge is 2.27. The molecule has 1 aromatic carbocycles. The van der Waals surface area contributed by atoms with E-state index < -0.39 is 0 Å².